The number of hydrogen-bond acceptors (Lipinski definition) is 2. The van der Waals surface area contributed by atoms with Crippen molar-refractivity contribution in [3.8, 4) is 0 Å². The van der Waals surface area contributed by atoms with E-state index >= 15 is 0 Å². The van der Waals surface area contributed by atoms with Crippen molar-refractivity contribution in [1.82, 2.24) is 0 Å². The summed E-state index contributed by atoms with van der Waals surface area (Å²) in [5.41, 5.74) is 2.24. The van der Waals surface area contributed by atoms with E-state index in [2.05, 4.69) is 27.4 Å². The summed E-state index contributed by atoms with van der Waals surface area (Å²) in [7, 11) is 0. The Hall–Kier alpha value is -1.05. The maximum absolute atomic E-state index is 11.4. The average Bonchev–Trinajstić information content (AvgIpc) is 2.38. The minimum absolute atomic E-state index is 0.0367. The van der Waals surface area contributed by atoms with Gasteiger partial charge in [-0.2, -0.15) is 0 Å². The van der Waals surface area contributed by atoms with Gasteiger partial charge in [-0.1, -0.05) is 39.0 Å². The molecule has 90 valence electrons. The first-order chi connectivity index (χ1) is 7.28. The molecule has 0 spiro atoms. The maximum atomic E-state index is 11.4. The Labute approximate surface area is 98.4 Å². The molecular weight excluding hydrogens is 200 g/mol. The van der Waals surface area contributed by atoms with E-state index in [0.29, 0.717) is 0 Å². The van der Waals surface area contributed by atoms with Gasteiger partial charge < -0.3 is 4.74 Å². The van der Waals surface area contributed by atoms with Crippen LogP contribution in [-0.2, 0) is 9.53 Å². The topological polar surface area (TPSA) is 26.3 Å². The van der Waals surface area contributed by atoms with Crippen molar-refractivity contribution in [2.24, 2.45) is 5.41 Å². The predicted octanol–water partition coefficient (Wildman–Crippen LogP) is 3.63. The molecule has 1 aliphatic heterocycles. The molecule has 0 amide bonds. The van der Waals surface area contributed by atoms with Crippen LogP contribution in [0.5, 0.6) is 0 Å². The molecule has 0 N–H and O–H groups in total. The van der Waals surface area contributed by atoms with Gasteiger partial charge in [0.05, 0.1) is 0 Å². The second-order valence-electron chi connectivity index (χ2n) is 5.84. The highest BCUT2D eigenvalue weighted by atomic mass is 16.5. The van der Waals surface area contributed by atoms with Crippen molar-refractivity contribution in [1.29, 1.82) is 0 Å². The van der Waals surface area contributed by atoms with Crippen molar-refractivity contribution in [3.05, 3.63) is 23.8 Å². The number of carbonyl (C=O) groups excluding carboxylic acids is 1. The molecule has 0 aromatic heterocycles. The molecule has 1 atom stereocenters. The van der Waals surface area contributed by atoms with E-state index in [1.165, 1.54) is 5.57 Å². The molecule has 1 heterocycles. The zero-order valence-electron chi connectivity index (χ0n) is 10.8. The molecule has 1 saturated heterocycles. The monoisotopic (exact) mass is 222 g/mol. The molecule has 1 fully saturated rings. The molecule has 1 aliphatic rings. The second-order valence-corrected chi connectivity index (χ2v) is 5.84. The van der Waals surface area contributed by atoms with Crippen LogP contribution in [0.1, 0.15) is 47.0 Å². The SMILES string of the molecule is C=C(C/C=C1/CC(C)OC1=O)CC(C)(C)C. The number of allylic oxidation sites excluding steroid dienone is 2. The molecule has 0 aromatic rings. The summed E-state index contributed by atoms with van der Waals surface area (Å²) in [6, 6.07) is 0. The van der Waals surface area contributed by atoms with E-state index in [1.807, 2.05) is 13.0 Å². The number of rotatable bonds is 3. The van der Waals surface area contributed by atoms with Gasteiger partial charge in [-0.15, -0.1) is 0 Å². The van der Waals surface area contributed by atoms with Crippen LogP contribution in [-0.4, -0.2) is 12.1 Å². The van der Waals surface area contributed by atoms with Crippen LogP contribution < -0.4 is 0 Å². The third kappa shape index (κ3) is 4.21. The highest BCUT2D eigenvalue weighted by Gasteiger charge is 2.24. The molecule has 0 bridgehead atoms. The van der Waals surface area contributed by atoms with Gasteiger partial charge in [0.15, 0.2) is 0 Å². The highest BCUT2D eigenvalue weighted by molar-refractivity contribution is 5.90. The van der Waals surface area contributed by atoms with Crippen molar-refractivity contribution in [2.75, 3.05) is 0 Å². The van der Waals surface area contributed by atoms with E-state index in [0.717, 1.165) is 24.8 Å². The summed E-state index contributed by atoms with van der Waals surface area (Å²) in [4.78, 5) is 11.4. The zero-order chi connectivity index (χ0) is 12.3. The Morgan fingerprint density at radius 1 is 1.56 bits per heavy atom. The molecular formula is C14H22O2. The van der Waals surface area contributed by atoms with Gasteiger partial charge in [0.1, 0.15) is 6.10 Å². The van der Waals surface area contributed by atoms with Crippen molar-refractivity contribution in [2.45, 2.75) is 53.1 Å². The number of cyclic esters (lactones) is 1. The highest BCUT2D eigenvalue weighted by Crippen LogP contribution is 2.26. The third-order valence-corrected chi connectivity index (χ3v) is 2.50. The lowest BCUT2D eigenvalue weighted by Gasteiger charge is -2.18. The fourth-order valence-electron chi connectivity index (χ4n) is 1.95. The quantitative estimate of drug-likeness (QED) is 0.414. The molecule has 2 heteroatoms. The molecule has 1 rings (SSSR count). The Morgan fingerprint density at radius 3 is 2.62 bits per heavy atom. The Bertz CT molecular complexity index is 318. The molecule has 0 aliphatic carbocycles. The van der Waals surface area contributed by atoms with Gasteiger partial charge in [0.2, 0.25) is 0 Å². The standard InChI is InChI=1S/C14H22O2/c1-10(9-14(3,4)5)6-7-12-8-11(2)16-13(12)15/h7,11H,1,6,8-9H2,2-5H3/b12-7-. The van der Waals surface area contributed by atoms with E-state index in [9.17, 15) is 4.79 Å². The van der Waals surface area contributed by atoms with Gasteiger partial charge in [0.25, 0.3) is 0 Å². The Morgan fingerprint density at radius 2 is 2.19 bits per heavy atom. The van der Waals surface area contributed by atoms with Crippen LogP contribution in [0.25, 0.3) is 0 Å². The van der Waals surface area contributed by atoms with Crippen LogP contribution in [0.4, 0.5) is 0 Å². The molecule has 0 aromatic carbocycles. The maximum Gasteiger partial charge on any atom is 0.334 e. The zero-order valence-corrected chi connectivity index (χ0v) is 10.8. The summed E-state index contributed by atoms with van der Waals surface area (Å²) in [5.74, 6) is -0.156. The van der Waals surface area contributed by atoms with Crippen molar-refractivity contribution < 1.29 is 9.53 Å². The van der Waals surface area contributed by atoms with E-state index in [4.69, 9.17) is 4.74 Å². The van der Waals surface area contributed by atoms with Crippen molar-refractivity contribution >= 4 is 5.97 Å². The molecule has 2 nitrogen and oxygen atoms in total. The molecule has 0 saturated carbocycles. The molecule has 16 heavy (non-hydrogen) atoms. The Balaban J connectivity index is 2.48. The lowest BCUT2D eigenvalue weighted by Crippen LogP contribution is -2.05. The Kier molecular flexibility index (Phi) is 3.95. The number of ether oxygens (including phenoxy) is 1. The molecule has 0 radical (unpaired) electrons. The summed E-state index contributed by atoms with van der Waals surface area (Å²) in [6.07, 6.45) is 4.52. The van der Waals surface area contributed by atoms with Gasteiger partial charge in [-0.3, -0.25) is 0 Å². The fourth-order valence-corrected chi connectivity index (χ4v) is 1.95. The lowest BCUT2D eigenvalue weighted by atomic mass is 9.87. The minimum Gasteiger partial charge on any atom is -0.459 e. The van der Waals surface area contributed by atoms with Crippen LogP contribution in [0.2, 0.25) is 0 Å². The average molecular weight is 222 g/mol. The van der Waals surface area contributed by atoms with Crippen LogP contribution in [0.15, 0.2) is 23.8 Å². The third-order valence-electron chi connectivity index (χ3n) is 2.50. The van der Waals surface area contributed by atoms with Crippen LogP contribution >= 0.6 is 0 Å². The first kappa shape index (κ1) is 13.0. The minimum atomic E-state index is -0.156. The van der Waals surface area contributed by atoms with Crippen LogP contribution in [0, 0.1) is 5.41 Å². The first-order valence-corrected chi connectivity index (χ1v) is 5.84. The van der Waals surface area contributed by atoms with Gasteiger partial charge in [0, 0.05) is 12.0 Å². The molecule has 1 unspecified atom stereocenters. The van der Waals surface area contributed by atoms with E-state index in [1.54, 1.807) is 0 Å². The summed E-state index contributed by atoms with van der Waals surface area (Å²) in [5, 5.41) is 0. The van der Waals surface area contributed by atoms with E-state index in [-0.39, 0.29) is 17.5 Å². The number of hydrogen-bond donors (Lipinski definition) is 0. The summed E-state index contributed by atoms with van der Waals surface area (Å²) in [6.45, 7) is 12.5. The predicted molar refractivity (Wildman–Crippen MR) is 66.1 cm³/mol. The number of esters is 1. The normalized spacial score (nSPS) is 23.6. The first-order valence-electron chi connectivity index (χ1n) is 5.84. The van der Waals surface area contributed by atoms with Gasteiger partial charge >= 0.3 is 5.97 Å². The summed E-state index contributed by atoms with van der Waals surface area (Å²) >= 11 is 0. The van der Waals surface area contributed by atoms with Gasteiger partial charge in [-0.05, 0) is 25.2 Å². The smallest absolute Gasteiger partial charge is 0.334 e. The lowest BCUT2D eigenvalue weighted by molar-refractivity contribution is -0.138. The van der Waals surface area contributed by atoms with Crippen molar-refractivity contribution in [3.63, 3.8) is 0 Å². The number of carbonyl (C=O) groups is 1. The largest absolute Gasteiger partial charge is 0.459 e. The second kappa shape index (κ2) is 4.86. The van der Waals surface area contributed by atoms with E-state index < -0.39 is 0 Å². The summed E-state index contributed by atoms with van der Waals surface area (Å²) < 4.78 is 5.07. The fraction of sp³-hybridized carbons (Fsp3) is 0.643. The van der Waals surface area contributed by atoms with Gasteiger partial charge in [-0.25, -0.2) is 4.79 Å². The van der Waals surface area contributed by atoms with Crippen LogP contribution in [0.3, 0.4) is 0 Å².